The van der Waals surface area contributed by atoms with Crippen molar-refractivity contribution in [3.63, 3.8) is 0 Å². The first-order valence-electron chi connectivity index (χ1n) is 4.50. The van der Waals surface area contributed by atoms with Gasteiger partial charge in [0.25, 0.3) is 5.69 Å². The Labute approximate surface area is 85.8 Å². The number of carbonyl (C=O) groups is 1. The summed E-state index contributed by atoms with van der Waals surface area (Å²) < 4.78 is 5.24. The van der Waals surface area contributed by atoms with Crippen LogP contribution in [0.5, 0.6) is 5.75 Å². The molecule has 0 radical (unpaired) electrons. The second kappa shape index (κ2) is 3.05. The molecule has 0 fully saturated rings. The molecule has 0 amide bonds. The van der Waals surface area contributed by atoms with Gasteiger partial charge in [-0.1, -0.05) is 0 Å². The number of ether oxygens (including phenoxy) is 1. The maximum atomic E-state index is 11.6. The molecule has 1 atom stereocenters. The summed E-state index contributed by atoms with van der Waals surface area (Å²) in [4.78, 5) is 21.7. The van der Waals surface area contributed by atoms with Gasteiger partial charge in [0.05, 0.1) is 16.6 Å². The third-order valence-corrected chi connectivity index (χ3v) is 2.41. The van der Waals surface area contributed by atoms with Crippen LogP contribution in [0.1, 0.15) is 22.8 Å². The van der Waals surface area contributed by atoms with Crippen LogP contribution in [0, 0.1) is 17.0 Å². The summed E-state index contributed by atoms with van der Waals surface area (Å²) in [6.45, 7) is 3.30. The first-order valence-corrected chi connectivity index (χ1v) is 4.50. The molecule has 0 saturated heterocycles. The molecule has 1 unspecified atom stereocenters. The number of aryl methyl sites for hydroxylation is 1. The van der Waals surface area contributed by atoms with E-state index in [0.717, 1.165) is 0 Å². The van der Waals surface area contributed by atoms with Crippen molar-refractivity contribution in [2.24, 2.45) is 0 Å². The Morgan fingerprint density at radius 2 is 2.13 bits per heavy atom. The fourth-order valence-electron chi connectivity index (χ4n) is 1.70. The van der Waals surface area contributed by atoms with E-state index in [9.17, 15) is 14.9 Å². The Kier molecular flexibility index (Phi) is 1.96. The summed E-state index contributed by atoms with van der Waals surface area (Å²) in [7, 11) is 0. The second-order valence-electron chi connectivity index (χ2n) is 3.52. The van der Waals surface area contributed by atoms with Gasteiger partial charge in [-0.15, -0.1) is 0 Å². The molecule has 1 aliphatic rings. The lowest BCUT2D eigenvalue weighted by Gasteiger charge is -2.01. The zero-order valence-electron chi connectivity index (χ0n) is 8.31. The molecular weight excluding hydrogens is 198 g/mol. The SMILES string of the molecule is Cc1cc([N+](=O)[O-])cc2c1C(=O)C(C)O2. The van der Waals surface area contributed by atoms with Gasteiger partial charge in [0.1, 0.15) is 5.75 Å². The van der Waals surface area contributed by atoms with Crippen LogP contribution in [0.15, 0.2) is 12.1 Å². The molecule has 0 bridgehead atoms. The first kappa shape index (κ1) is 9.64. The third kappa shape index (κ3) is 1.36. The van der Waals surface area contributed by atoms with Gasteiger partial charge >= 0.3 is 0 Å². The van der Waals surface area contributed by atoms with Crippen LogP contribution >= 0.6 is 0 Å². The number of nitro benzene ring substituents is 1. The highest BCUT2D eigenvalue weighted by molar-refractivity contribution is 6.05. The number of Topliss-reactive ketones (excluding diaryl/α,β-unsaturated/α-hetero) is 1. The van der Waals surface area contributed by atoms with Gasteiger partial charge < -0.3 is 4.74 Å². The maximum Gasteiger partial charge on any atom is 0.273 e. The van der Waals surface area contributed by atoms with Gasteiger partial charge in [0, 0.05) is 6.07 Å². The van der Waals surface area contributed by atoms with E-state index < -0.39 is 11.0 Å². The summed E-state index contributed by atoms with van der Waals surface area (Å²) in [5, 5.41) is 10.6. The van der Waals surface area contributed by atoms with Crippen molar-refractivity contribution >= 4 is 11.5 Å². The maximum absolute atomic E-state index is 11.6. The van der Waals surface area contributed by atoms with Crippen molar-refractivity contribution in [1.29, 1.82) is 0 Å². The van der Waals surface area contributed by atoms with E-state index in [-0.39, 0.29) is 11.5 Å². The van der Waals surface area contributed by atoms with Gasteiger partial charge in [0.2, 0.25) is 5.78 Å². The van der Waals surface area contributed by atoms with Crippen LogP contribution in [0.4, 0.5) is 5.69 Å². The first-order chi connectivity index (χ1) is 7.00. The number of ketones is 1. The molecule has 0 aliphatic carbocycles. The molecule has 0 spiro atoms. The van der Waals surface area contributed by atoms with E-state index in [1.807, 2.05) is 0 Å². The van der Waals surface area contributed by atoms with E-state index in [1.54, 1.807) is 13.8 Å². The van der Waals surface area contributed by atoms with Gasteiger partial charge in [0.15, 0.2) is 6.10 Å². The quantitative estimate of drug-likeness (QED) is 0.520. The molecule has 0 N–H and O–H groups in total. The van der Waals surface area contributed by atoms with E-state index in [4.69, 9.17) is 4.74 Å². The number of hydrogen-bond donors (Lipinski definition) is 0. The summed E-state index contributed by atoms with van der Waals surface area (Å²) in [6, 6.07) is 2.68. The highest BCUT2D eigenvalue weighted by Gasteiger charge is 2.32. The number of nitrogens with zero attached hydrogens (tertiary/aromatic N) is 1. The minimum atomic E-state index is -0.541. The van der Waals surface area contributed by atoms with Crippen LogP contribution < -0.4 is 4.74 Å². The van der Waals surface area contributed by atoms with Crippen molar-refractivity contribution in [1.82, 2.24) is 0 Å². The largest absolute Gasteiger partial charge is 0.482 e. The molecule has 2 rings (SSSR count). The second-order valence-corrected chi connectivity index (χ2v) is 3.52. The Hall–Kier alpha value is -1.91. The molecule has 5 heteroatoms. The number of hydrogen-bond acceptors (Lipinski definition) is 4. The van der Waals surface area contributed by atoms with Crippen molar-refractivity contribution in [3.05, 3.63) is 33.4 Å². The van der Waals surface area contributed by atoms with E-state index in [1.165, 1.54) is 12.1 Å². The van der Waals surface area contributed by atoms with Crippen LogP contribution in [-0.2, 0) is 0 Å². The molecule has 1 aliphatic heterocycles. The molecular formula is C10H9NO4. The molecule has 0 aromatic heterocycles. The van der Waals surface area contributed by atoms with E-state index in [0.29, 0.717) is 16.9 Å². The molecule has 1 aromatic carbocycles. The highest BCUT2D eigenvalue weighted by Crippen LogP contribution is 2.34. The average Bonchev–Trinajstić information content (AvgIpc) is 2.42. The number of nitro groups is 1. The van der Waals surface area contributed by atoms with Crippen molar-refractivity contribution < 1.29 is 14.5 Å². The lowest BCUT2D eigenvalue weighted by atomic mass is 10.0. The summed E-state index contributed by atoms with van der Waals surface area (Å²) in [5.41, 5.74) is 1.01. The minimum Gasteiger partial charge on any atom is -0.482 e. The number of rotatable bonds is 1. The van der Waals surface area contributed by atoms with Crippen molar-refractivity contribution in [2.45, 2.75) is 20.0 Å². The van der Waals surface area contributed by atoms with Crippen LogP contribution in [0.2, 0.25) is 0 Å². The summed E-state index contributed by atoms with van der Waals surface area (Å²) in [6.07, 6.45) is -0.541. The zero-order chi connectivity index (χ0) is 11.2. The molecule has 15 heavy (non-hydrogen) atoms. The predicted octanol–water partition coefficient (Wildman–Crippen LogP) is 1.87. The van der Waals surface area contributed by atoms with Gasteiger partial charge in [-0.05, 0) is 19.4 Å². The zero-order valence-corrected chi connectivity index (χ0v) is 8.31. The molecule has 1 aromatic rings. The fraction of sp³-hybridized carbons (Fsp3) is 0.300. The number of fused-ring (bicyclic) bond motifs is 1. The number of carbonyl (C=O) groups excluding carboxylic acids is 1. The lowest BCUT2D eigenvalue weighted by Crippen LogP contribution is -2.15. The van der Waals surface area contributed by atoms with Crippen LogP contribution in [-0.4, -0.2) is 16.8 Å². The van der Waals surface area contributed by atoms with Gasteiger partial charge in [-0.3, -0.25) is 14.9 Å². The fourth-order valence-corrected chi connectivity index (χ4v) is 1.70. The lowest BCUT2D eigenvalue weighted by molar-refractivity contribution is -0.385. The molecule has 5 nitrogen and oxygen atoms in total. The average molecular weight is 207 g/mol. The summed E-state index contributed by atoms with van der Waals surface area (Å²) >= 11 is 0. The van der Waals surface area contributed by atoms with E-state index in [2.05, 4.69) is 0 Å². The van der Waals surface area contributed by atoms with Crippen molar-refractivity contribution in [3.8, 4) is 5.75 Å². The molecule has 0 saturated carbocycles. The predicted molar refractivity (Wildman–Crippen MR) is 52.3 cm³/mol. The highest BCUT2D eigenvalue weighted by atomic mass is 16.6. The monoisotopic (exact) mass is 207 g/mol. The Morgan fingerprint density at radius 1 is 1.47 bits per heavy atom. The van der Waals surface area contributed by atoms with Gasteiger partial charge in [-0.2, -0.15) is 0 Å². The van der Waals surface area contributed by atoms with Crippen molar-refractivity contribution in [2.75, 3.05) is 0 Å². The summed E-state index contributed by atoms with van der Waals surface area (Å²) in [5.74, 6) is 0.205. The standard InChI is InChI=1S/C10H9NO4/c1-5-3-7(11(13)14)4-8-9(5)10(12)6(2)15-8/h3-4,6H,1-2H3. The third-order valence-electron chi connectivity index (χ3n) is 2.41. The van der Waals surface area contributed by atoms with Gasteiger partial charge in [-0.25, -0.2) is 0 Å². The minimum absolute atomic E-state index is 0.0480. The normalized spacial score (nSPS) is 18.5. The Morgan fingerprint density at radius 3 is 2.73 bits per heavy atom. The number of benzene rings is 1. The Bertz CT molecular complexity index is 467. The Balaban J connectivity index is 2.61. The smallest absolute Gasteiger partial charge is 0.273 e. The van der Waals surface area contributed by atoms with Crippen LogP contribution in [0.3, 0.4) is 0 Å². The van der Waals surface area contributed by atoms with Crippen LogP contribution in [0.25, 0.3) is 0 Å². The molecule has 78 valence electrons. The number of non-ortho nitro benzene ring substituents is 1. The van der Waals surface area contributed by atoms with E-state index >= 15 is 0 Å². The topological polar surface area (TPSA) is 69.4 Å². The molecule has 1 heterocycles.